The third kappa shape index (κ3) is 3.98. The molecule has 0 bridgehead atoms. The van der Waals surface area contributed by atoms with E-state index in [2.05, 4.69) is 24.1 Å². The van der Waals surface area contributed by atoms with Gasteiger partial charge in [0.1, 0.15) is 6.04 Å². The van der Waals surface area contributed by atoms with Gasteiger partial charge in [-0.05, 0) is 26.7 Å². The van der Waals surface area contributed by atoms with Crippen molar-refractivity contribution in [2.45, 2.75) is 58.2 Å². The molecule has 0 saturated carbocycles. The van der Waals surface area contributed by atoms with E-state index in [-0.39, 0.29) is 11.9 Å². The molecule has 1 N–H and O–H groups in total. The summed E-state index contributed by atoms with van der Waals surface area (Å²) >= 11 is 0. The molecule has 3 unspecified atom stereocenters. The highest BCUT2D eigenvalue weighted by Crippen LogP contribution is 2.22. The van der Waals surface area contributed by atoms with Crippen LogP contribution in [0.4, 0.5) is 0 Å². The predicted molar refractivity (Wildman–Crippen MR) is 69.1 cm³/mol. The van der Waals surface area contributed by atoms with Crippen molar-refractivity contribution in [1.29, 1.82) is 0 Å². The fraction of sp³-hybridized carbons (Fsp3) is 0.846. The molecule has 0 aliphatic carbocycles. The highest BCUT2D eigenvalue weighted by atomic mass is 16.5. The van der Waals surface area contributed by atoms with Crippen molar-refractivity contribution in [3.63, 3.8) is 0 Å². The Kier molecular flexibility index (Phi) is 5.59. The minimum absolute atomic E-state index is 0.206. The number of nitrogens with one attached hydrogen (secondary N) is 1. The molecule has 3 atom stereocenters. The summed E-state index contributed by atoms with van der Waals surface area (Å²) < 4.78 is 4.74. The Morgan fingerprint density at radius 3 is 2.33 bits per heavy atom. The van der Waals surface area contributed by atoms with Crippen LogP contribution in [0.5, 0.6) is 0 Å². The number of carbonyl (C=O) groups is 2. The van der Waals surface area contributed by atoms with Gasteiger partial charge >= 0.3 is 5.97 Å². The smallest absolute Gasteiger partial charge is 0.329 e. The van der Waals surface area contributed by atoms with Crippen molar-refractivity contribution in [1.82, 2.24) is 10.2 Å². The number of methoxy groups -OCH3 is 1. The Morgan fingerprint density at radius 1 is 1.33 bits per heavy atom. The lowest BCUT2D eigenvalue weighted by Gasteiger charge is -2.40. The number of carbonyl (C=O) groups excluding carboxylic acids is 2. The highest BCUT2D eigenvalue weighted by molar-refractivity contribution is 5.83. The average Bonchev–Trinajstić information content (AvgIpc) is 2.31. The molecule has 104 valence electrons. The molecule has 1 fully saturated rings. The van der Waals surface area contributed by atoms with Crippen LogP contribution in [0.25, 0.3) is 0 Å². The lowest BCUT2D eigenvalue weighted by Crippen LogP contribution is -2.54. The molecule has 5 nitrogen and oxygen atoms in total. The summed E-state index contributed by atoms with van der Waals surface area (Å²) in [6, 6.07) is 0.305. The van der Waals surface area contributed by atoms with E-state index < -0.39 is 6.04 Å². The maximum atomic E-state index is 11.7. The number of rotatable bonds is 4. The number of hydrogen-bond acceptors (Lipinski definition) is 4. The zero-order valence-electron chi connectivity index (χ0n) is 11.7. The van der Waals surface area contributed by atoms with Gasteiger partial charge in [-0.3, -0.25) is 9.69 Å². The summed E-state index contributed by atoms with van der Waals surface area (Å²) in [4.78, 5) is 25.1. The van der Waals surface area contributed by atoms with Crippen molar-refractivity contribution in [2.24, 2.45) is 0 Å². The molecule has 1 aliphatic heterocycles. The van der Waals surface area contributed by atoms with E-state index in [9.17, 15) is 9.59 Å². The van der Waals surface area contributed by atoms with Gasteiger partial charge in [-0.25, -0.2) is 4.79 Å². The number of hydrogen-bond donors (Lipinski definition) is 1. The van der Waals surface area contributed by atoms with E-state index in [0.29, 0.717) is 18.6 Å². The van der Waals surface area contributed by atoms with E-state index in [1.165, 1.54) is 20.5 Å². The SMILES string of the molecule is COC(=O)C(CN1C(C)CCCC1C)NC(C)=O. The summed E-state index contributed by atoms with van der Waals surface area (Å²) in [6.45, 7) is 6.27. The first-order valence-corrected chi connectivity index (χ1v) is 6.56. The van der Waals surface area contributed by atoms with Crippen LogP contribution in [0.3, 0.4) is 0 Å². The summed E-state index contributed by atoms with van der Waals surface area (Å²) in [5, 5.41) is 2.66. The third-order valence-corrected chi connectivity index (χ3v) is 3.63. The topological polar surface area (TPSA) is 58.6 Å². The molecule has 1 aliphatic rings. The molecule has 1 saturated heterocycles. The Balaban J connectivity index is 2.68. The fourth-order valence-corrected chi connectivity index (χ4v) is 2.61. The molecule has 0 radical (unpaired) electrons. The maximum absolute atomic E-state index is 11.7. The molecular formula is C13H24N2O3. The van der Waals surface area contributed by atoms with Crippen molar-refractivity contribution >= 4 is 11.9 Å². The van der Waals surface area contributed by atoms with Crippen LogP contribution in [-0.4, -0.2) is 48.6 Å². The van der Waals surface area contributed by atoms with Crippen LogP contribution in [0.15, 0.2) is 0 Å². The molecule has 1 heterocycles. The second-order valence-corrected chi connectivity index (χ2v) is 5.10. The van der Waals surface area contributed by atoms with Crippen LogP contribution < -0.4 is 5.32 Å². The van der Waals surface area contributed by atoms with Crippen LogP contribution in [0.1, 0.15) is 40.0 Å². The maximum Gasteiger partial charge on any atom is 0.329 e. The van der Waals surface area contributed by atoms with Crippen molar-refractivity contribution in [2.75, 3.05) is 13.7 Å². The Morgan fingerprint density at radius 2 is 1.89 bits per heavy atom. The lowest BCUT2D eigenvalue weighted by atomic mass is 9.97. The van der Waals surface area contributed by atoms with Gasteiger partial charge in [0.25, 0.3) is 0 Å². The summed E-state index contributed by atoms with van der Waals surface area (Å²) in [5.41, 5.74) is 0. The first kappa shape index (κ1) is 15.0. The molecule has 18 heavy (non-hydrogen) atoms. The normalized spacial score (nSPS) is 26.4. The molecule has 0 aromatic heterocycles. The number of esters is 1. The van der Waals surface area contributed by atoms with E-state index >= 15 is 0 Å². The van der Waals surface area contributed by atoms with Gasteiger partial charge in [-0.2, -0.15) is 0 Å². The molecule has 0 spiro atoms. The van der Waals surface area contributed by atoms with Crippen LogP contribution in [0.2, 0.25) is 0 Å². The van der Waals surface area contributed by atoms with Crippen LogP contribution >= 0.6 is 0 Å². The second-order valence-electron chi connectivity index (χ2n) is 5.10. The quantitative estimate of drug-likeness (QED) is 0.760. The van der Waals surface area contributed by atoms with Gasteiger partial charge < -0.3 is 10.1 Å². The fourth-order valence-electron chi connectivity index (χ4n) is 2.61. The van der Waals surface area contributed by atoms with Gasteiger partial charge in [0, 0.05) is 25.6 Å². The molecule has 1 amide bonds. The Bertz CT molecular complexity index is 297. The second kappa shape index (κ2) is 6.73. The monoisotopic (exact) mass is 256 g/mol. The standard InChI is InChI=1S/C13H24N2O3/c1-9-6-5-7-10(2)15(9)8-12(13(17)18-4)14-11(3)16/h9-10,12H,5-8H2,1-4H3,(H,14,16). The van der Waals surface area contributed by atoms with Crippen LogP contribution in [0, 0.1) is 0 Å². The van der Waals surface area contributed by atoms with E-state index in [1.807, 2.05) is 0 Å². The van der Waals surface area contributed by atoms with Crippen molar-refractivity contribution in [3.8, 4) is 0 Å². The largest absolute Gasteiger partial charge is 0.467 e. The van der Waals surface area contributed by atoms with E-state index in [4.69, 9.17) is 4.74 Å². The van der Waals surface area contributed by atoms with Gasteiger partial charge in [0.05, 0.1) is 7.11 Å². The number of ether oxygens (including phenoxy) is 1. The Hall–Kier alpha value is -1.10. The summed E-state index contributed by atoms with van der Waals surface area (Å²) in [6.07, 6.45) is 3.50. The molecular weight excluding hydrogens is 232 g/mol. The number of piperidine rings is 1. The predicted octanol–water partition coefficient (Wildman–Crippen LogP) is 0.927. The molecule has 1 rings (SSSR count). The minimum Gasteiger partial charge on any atom is -0.467 e. The van der Waals surface area contributed by atoms with E-state index in [1.54, 1.807) is 0 Å². The van der Waals surface area contributed by atoms with Crippen molar-refractivity contribution < 1.29 is 14.3 Å². The summed E-state index contributed by atoms with van der Waals surface area (Å²) in [5.74, 6) is -0.585. The van der Waals surface area contributed by atoms with Gasteiger partial charge in [0.2, 0.25) is 5.91 Å². The molecule has 0 aromatic rings. The highest BCUT2D eigenvalue weighted by Gasteiger charge is 2.30. The minimum atomic E-state index is -0.574. The Labute approximate surface area is 109 Å². The van der Waals surface area contributed by atoms with Crippen molar-refractivity contribution in [3.05, 3.63) is 0 Å². The van der Waals surface area contributed by atoms with Gasteiger partial charge in [0.15, 0.2) is 0 Å². The van der Waals surface area contributed by atoms with Gasteiger partial charge in [-0.15, -0.1) is 0 Å². The third-order valence-electron chi connectivity index (χ3n) is 3.63. The summed E-state index contributed by atoms with van der Waals surface area (Å²) in [7, 11) is 1.35. The first-order valence-electron chi connectivity index (χ1n) is 6.56. The zero-order chi connectivity index (χ0) is 13.7. The van der Waals surface area contributed by atoms with Gasteiger partial charge in [-0.1, -0.05) is 6.42 Å². The average molecular weight is 256 g/mol. The molecule has 0 aromatic carbocycles. The first-order chi connectivity index (χ1) is 8.45. The van der Waals surface area contributed by atoms with E-state index in [0.717, 1.165) is 12.8 Å². The number of amides is 1. The molecule has 5 heteroatoms. The number of nitrogens with zero attached hydrogens (tertiary/aromatic N) is 1. The number of likely N-dealkylation sites (tertiary alicyclic amines) is 1. The lowest BCUT2D eigenvalue weighted by molar-refractivity contribution is -0.146. The van der Waals surface area contributed by atoms with Crippen LogP contribution in [-0.2, 0) is 14.3 Å². The zero-order valence-corrected chi connectivity index (χ0v) is 11.7.